The fourth-order valence-electron chi connectivity index (χ4n) is 2.42. The summed E-state index contributed by atoms with van der Waals surface area (Å²) in [6.07, 6.45) is 2.24. The molecule has 0 spiro atoms. The Bertz CT molecular complexity index is 852. The number of nitrogens with zero attached hydrogens (tertiary/aromatic N) is 2. The summed E-state index contributed by atoms with van der Waals surface area (Å²) in [5.41, 5.74) is 0.817. The molecule has 1 aliphatic rings. The van der Waals surface area contributed by atoms with E-state index in [0.717, 1.165) is 29.3 Å². The molecule has 4 rings (SSSR count). The third kappa shape index (κ3) is 3.22. The molecule has 1 aliphatic carbocycles. The number of carbonyl (C=O) groups excluding carboxylic acids is 1. The SMILES string of the molecule is O=C(CSc1nnc(C2CC2)o1)Nc1cccc2ccccc12. The van der Waals surface area contributed by atoms with Gasteiger partial charge in [0.05, 0.1) is 5.75 Å². The number of hydrogen-bond donors (Lipinski definition) is 1. The van der Waals surface area contributed by atoms with Gasteiger partial charge in [-0.3, -0.25) is 4.79 Å². The first-order chi connectivity index (χ1) is 11.3. The zero-order valence-electron chi connectivity index (χ0n) is 12.4. The van der Waals surface area contributed by atoms with Crippen LogP contribution in [0.3, 0.4) is 0 Å². The predicted molar refractivity (Wildman–Crippen MR) is 89.6 cm³/mol. The fourth-order valence-corrected chi connectivity index (χ4v) is 2.99. The topological polar surface area (TPSA) is 68.0 Å². The monoisotopic (exact) mass is 325 g/mol. The molecular weight excluding hydrogens is 310 g/mol. The van der Waals surface area contributed by atoms with Crippen LogP contribution in [0, 0.1) is 0 Å². The van der Waals surface area contributed by atoms with Crippen LogP contribution >= 0.6 is 11.8 Å². The van der Waals surface area contributed by atoms with Gasteiger partial charge in [0.15, 0.2) is 0 Å². The van der Waals surface area contributed by atoms with E-state index in [2.05, 4.69) is 15.5 Å². The average Bonchev–Trinajstić information content (AvgIpc) is 3.32. The van der Waals surface area contributed by atoms with Crippen molar-refractivity contribution in [2.24, 2.45) is 0 Å². The van der Waals surface area contributed by atoms with Crippen molar-refractivity contribution in [3.63, 3.8) is 0 Å². The number of amides is 1. The number of aromatic nitrogens is 2. The van der Waals surface area contributed by atoms with Gasteiger partial charge >= 0.3 is 0 Å². The molecule has 0 unspecified atom stereocenters. The maximum absolute atomic E-state index is 12.2. The minimum Gasteiger partial charge on any atom is -0.416 e. The van der Waals surface area contributed by atoms with Gasteiger partial charge in [-0.05, 0) is 24.3 Å². The maximum Gasteiger partial charge on any atom is 0.277 e. The molecule has 1 amide bonds. The smallest absolute Gasteiger partial charge is 0.277 e. The summed E-state index contributed by atoms with van der Waals surface area (Å²) in [6, 6.07) is 13.8. The lowest BCUT2D eigenvalue weighted by atomic mass is 10.1. The van der Waals surface area contributed by atoms with E-state index < -0.39 is 0 Å². The van der Waals surface area contributed by atoms with Gasteiger partial charge in [0.1, 0.15) is 0 Å². The highest BCUT2D eigenvalue weighted by molar-refractivity contribution is 7.99. The maximum atomic E-state index is 12.2. The highest BCUT2D eigenvalue weighted by Gasteiger charge is 2.29. The van der Waals surface area contributed by atoms with E-state index >= 15 is 0 Å². The molecule has 1 saturated carbocycles. The number of hydrogen-bond acceptors (Lipinski definition) is 5. The molecule has 1 fully saturated rings. The lowest BCUT2D eigenvalue weighted by molar-refractivity contribution is -0.113. The Morgan fingerprint density at radius 1 is 1.17 bits per heavy atom. The lowest BCUT2D eigenvalue weighted by Gasteiger charge is -2.07. The second-order valence-corrected chi connectivity index (χ2v) is 6.47. The van der Waals surface area contributed by atoms with Crippen molar-refractivity contribution in [1.82, 2.24) is 10.2 Å². The first kappa shape index (κ1) is 14.3. The number of fused-ring (bicyclic) bond motifs is 1. The Hall–Kier alpha value is -2.34. The van der Waals surface area contributed by atoms with E-state index in [9.17, 15) is 4.79 Å². The molecule has 6 heteroatoms. The molecule has 3 aromatic rings. The predicted octanol–water partition coefficient (Wildman–Crippen LogP) is 3.83. The molecule has 0 radical (unpaired) electrons. The van der Waals surface area contributed by atoms with Crippen LogP contribution in [0.15, 0.2) is 52.1 Å². The van der Waals surface area contributed by atoms with Gasteiger partial charge < -0.3 is 9.73 Å². The number of carbonyl (C=O) groups is 1. The van der Waals surface area contributed by atoms with Crippen LogP contribution < -0.4 is 5.32 Å². The van der Waals surface area contributed by atoms with Crippen molar-refractivity contribution in [3.8, 4) is 0 Å². The Balaban J connectivity index is 1.40. The molecule has 1 aromatic heterocycles. The minimum absolute atomic E-state index is 0.0856. The zero-order valence-corrected chi connectivity index (χ0v) is 13.2. The van der Waals surface area contributed by atoms with Gasteiger partial charge in [-0.15, -0.1) is 10.2 Å². The summed E-state index contributed by atoms with van der Waals surface area (Å²) in [6.45, 7) is 0. The second kappa shape index (κ2) is 6.04. The molecule has 1 heterocycles. The van der Waals surface area contributed by atoms with Crippen LogP contribution in [-0.2, 0) is 4.79 Å². The van der Waals surface area contributed by atoms with Crippen molar-refractivity contribution in [3.05, 3.63) is 48.4 Å². The number of rotatable bonds is 5. The van der Waals surface area contributed by atoms with Crippen molar-refractivity contribution in [2.45, 2.75) is 24.0 Å². The molecule has 0 bridgehead atoms. The molecule has 5 nitrogen and oxygen atoms in total. The Morgan fingerprint density at radius 3 is 2.87 bits per heavy atom. The first-order valence-electron chi connectivity index (χ1n) is 7.53. The number of anilines is 1. The molecule has 0 aliphatic heterocycles. The largest absolute Gasteiger partial charge is 0.416 e. The Morgan fingerprint density at radius 2 is 2.00 bits per heavy atom. The lowest BCUT2D eigenvalue weighted by Crippen LogP contribution is -2.14. The summed E-state index contributed by atoms with van der Waals surface area (Å²) < 4.78 is 5.54. The number of thioether (sulfide) groups is 1. The van der Waals surface area contributed by atoms with Gasteiger partial charge in [0, 0.05) is 17.0 Å². The van der Waals surface area contributed by atoms with Gasteiger partial charge in [-0.2, -0.15) is 0 Å². The van der Waals surface area contributed by atoms with Crippen LogP contribution in [0.2, 0.25) is 0 Å². The van der Waals surface area contributed by atoms with Crippen molar-refractivity contribution < 1.29 is 9.21 Å². The van der Waals surface area contributed by atoms with E-state index in [4.69, 9.17) is 4.42 Å². The molecule has 2 aromatic carbocycles. The Kier molecular flexibility index (Phi) is 3.75. The first-order valence-corrected chi connectivity index (χ1v) is 8.52. The van der Waals surface area contributed by atoms with Crippen LogP contribution in [-0.4, -0.2) is 21.9 Å². The van der Waals surface area contributed by atoms with Crippen LogP contribution in [0.5, 0.6) is 0 Å². The van der Waals surface area contributed by atoms with Crippen LogP contribution in [0.4, 0.5) is 5.69 Å². The summed E-state index contributed by atoms with van der Waals surface area (Å²) in [5.74, 6) is 1.29. The van der Waals surface area contributed by atoms with Crippen LogP contribution in [0.25, 0.3) is 10.8 Å². The summed E-state index contributed by atoms with van der Waals surface area (Å²) in [7, 11) is 0. The van der Waals surface area contributed by atoms with Crippen molar-refractivity contribution in [1.29, 1.82) is 0 Å². The third-order valence-corrected chi connectivity index (χ3v) is 4.56. The highest BCUT2D eigenvalue weighted by atomic mass is 32.2. The number of benzene rings is 2. The van der Waals surface area contributed by atoms with Crippen LogP contribution in [0.1, 0.15) is 24.7 Å². The molecular formula is C17H15N3O2S. The average molecular weight is 325 g/mol. The fraction of sp³-hybridized carbons (Fsp3) is 0.235. The van der Waals surface area contributed by atoms with Gasteiger partial charge in [-0.25, -0.2) is 0 Å². The molecule has 0 atom stereocenters. The van der Waals surface area contributed by atoms with Gasteiger partial charge in [0.25, 0.3) is 5.22 Å². The molecule has 0 saturated heterocycles. The van der Waals surface area contributed by atoms with E-state index in [-0.39, 0.29) is 11.7 Å². The highest BCUT2D eigenvalue weighted by Crippen LogP contribution is 2.39. The Labute approximate surface area is 137 Å². The summed E-state index contributed by atoms with van der Waals surface area (Å²) in [4.78, 5) is 12.2. The van der Waals surface area contributed by atoms with E-state index in [1.165, 1.54) is 11.8 Å². The van der Waals surface area contributed by atoms with Gasteiger partial charge in [0.2, 0.25) is 11.8 Å². The normalized spacial score (nSPS) is 14.1. The molecule has 23 heavy (non-hydrogen) atoms. The van der Waals surface area contributed by atoms with Crippen molar-refractivity contribution >= 4 is 34.1 Å². The number of nitrogens with one attached hydrogen (secondary N) is 1. The van der Waals surface area contributed by atoms with E-state index in [1.807, 2.05) is 42.5 Å². The summed E-state index contributed by atoms with van der Waals surface area (Å²) >= 11 is 1.27. The third-order valence-electron chi connectivity index (χ3n) is 3.74. The van der Waals surface area contributed by atoms with E-state index in [0.29, 0.717) is 17.0 Å². The second-order valence-electron chi connectivity index (χ2n) is 5.54. The molecule has 116 valence electrons. The van der Waals surface area contributed by atoms with Gasteiger partial charge in [-0.1, -0.05) is 48.2 Å². The zero-order chi connectivity index (χ0) is 15.6. The van der Waals surface area contributed by atoms with Crippen molar-refractivity contribution in [2.75, 3.05) is 11.1 Å². The standard InChI is InChI=1S/C17H15N3O2S/c21-15(10-23-17-20-19-16(22-17)12-8-9-12)18-14-7-3-5-11-4-1-2-6-13(11)14/h1-7,12H,8-10H2,(H,18,21). The van der Waals surface area contributed by atoms with E-state index in [1.54, 1.807) is 0 Å². The summed E-state index contributed by atoms with van der Waals surface area (Å²) in [5, 5.41) is 13.5. The minimum atomic E-state index is -0.0856. The quantitative estimate of drug-likeness (QED) is 0.722. The molecule has 1 N–H and O–H groups in total.